The molecule has 124 valence electrons. The lowest BCUT2D eigenvalue weighted by Crippen LogP contribution is -2.22. The van der Waals surface area contributed by atoms with Crippen molar-refractivity contribution in [3.8, 4) is 11.4 Å². The van der Waals surface area contributed by atoms with Crippen molar-refractivity contribution in [2.75, 3.05) is 17.3 Å². The van der Waals surface area contributed by atoms with Crippen molar-refractivity contribution >= 4 is 21.6 Å². The lowest BCUT2D eigenvalue weighted by atomic mass is 10.2. The van der Waals surface area contributed by atoms with Crippen LogP contribution in [0.25, 0.3) is 11.4 Å². The van der Waals surface area contributed by atoms with Gasteiger partial charge in [0.05, 0.1) is 29.2 Å². The molecule has 0 aromatic carbocycles. The van der Waals surface area contributed by atoms with Crippen molar-refractivity contribution in [1.82, 2.24) is 19.5 Å². The third-order valence-corrected chi connectivity index (χ3v) is 6.42. The molecule has 23 heavy (non-hydrogen) atoms. The monoisotopic (exact) mass is 354 g/mol. The van der Waals surface area contributed by atoms with Crippen LogP contribution in [0, 0.1) is 0 Å². The number of aromatic nitrogens is 4. The molecule has 0 unspecified atom stereocenters. The summed E-state index contributed by atoms with van der Waals surface area (Å²) >= 11 is 1.59. The molecule has 2 atom stereocenters. The average molecular weight is 354 g/mol. The number of thioether (sulfide) groups is 1. The number of imidazole rings is 1. The Morgan fingerprint density at radius 1 is 1.30 bits per heavy atom. The maximum absolute atomic E-state index is 11.7. The van der Waals surface area contributed by atoms with Gasteiger partial charge in [-0.2, -0.15) is 0 Å². The number of rotatable bonds is 5. The van der Waals surface area contributed by atoms with Crippen LogP contribution in [0.4, 0.5) is 0 Å². The number of aliphatic hydroxyl groups is 1. The molecule has 2 aromatic rings. The normalized spacial score (nSPS) is 23.2. The Hall–Kier alpha value is -1.45. The van der Waals surface area contributed by atoms with Crippen molar-refractivity contribution in [2.45, 2.75) is 30.6 Å². The van der Waals surface area contributed by atoms with Gasteiger partial charge in [-0.05, 0) is 6.42 Å². The predicted octanol–water partition coefficient (Wildman–Crippen LogP) is 1.17. The molecular weight excluding hydrogens is 336 g/mol. The van der Waals surface area contributed by atoms with Crippen LogP contribution in [0.1, 0.15) is 19.4 Å². The van der Waals surface area contributed by atoms with Gasteiger partial charge in [0.1, 0.15) is 5.82 Å². The maximum atomic E-state index is 11.7. The van der Waals surface area contributed by atoms with E-state index in [-0.39, 0.29) is 11.5 Å². The molecule has 1 saturated heterocycles. The van der Waals surface area contributed by atoms with E-state index in [0.717, 1.165) is 12.2 Å². The van der Waals surface area contributed by atoms with Crippen molar-refractivity contribution in [2.24, 2.45) is 0 Å². The first kappa shape index (κ1) is 16.4. The summed E-state index contributed by atoms with van der Waals surface area (Å²) in [6.07, 6.45) is 6.76. The van der Waals surface area contributed by atoms with E-state index in [9.17, 15) is 13.5 Å². The third kappa shape index (κ3) is 3.56. The summed E-state index contributed by atoms with van der Waals surface area (Å²) in [4.78, 5) is 12.9. The molecule has 0 radical (unpaired) electrons. The predicted molar refractivity (Wildman–Crippen MR) is 88.0 cm³/mol. The van der Waals surface area contributed by atoms with Gasteiger partial charge in [0, 0.05) is 30.5 Å². The van der Waals surface area contributed by atoms with Crippen LogP contribution in [-0.2, 0) is 9.84 Å². The summed E-state index contributed by atoms with van der Waals surface area (Å²) in [6.45, 7) is 2.10. The quantitative estimate of drug-likeness (QED) is 0.636. The molecule has 3 heterocycles. The zero-order chi connectivity index (χ0) is 16.4. The molecule has 7 nitrogen and oxygen atoms in total. The Labute approximate surface area is 139 Å². The highest BCUT2D eigenvalue weighted by atomic mass is 32.2. The first-order chi connectivity index (χ1) is 11.0. The fourth-order valence-electron chi connectivity index (χ4n) is 2.58. The second-order valence-electron chi connectivity index (χ2n) is 5.47. The highest BCUT2D eigenvalue weighted by Gasteiger charge is 2.38. The van der Waals surface area contributed by atoms with Crippen molar-refractivity contribution in [1.29, 1.82) is 0 Å². The van der Waals surface area contributed by atoms with Crippen LogP contribution in [-0.4, -0.2) is 56.4 Å². The Bertz CT molecular complexity index is 774. The molecule has 2 aromatic heterocycles. The molecule has 1 aliphatic heterocycles. The molecule has 1 N–H and O–H groups in total. The van der Waals surface area contributed by atoms with Gasteiger partial charge in [-0.1, -0.05) is 18.7 Å². The van der Waals surface area contributed by atoms with Crippen LogP contribution >= 0.6 is 11.8 Å². The van der Waals surface area contributed by atoms with Gasteiger partial charge in [-0.15, -0.1) is 0 Å². The number of nitrogens with zero attached hydrogens (tertiary/aromatic N) is 4. The minimum absolute atomic E-state index is 0.0805. The summed E-state index contributed by atoms with van der Waals surface area (Å²) < 4.78 is 25.1. The van der Waals surface area contributed by atoms with E-state index >= 15 is 0 Å². The van der Waals surface area contributed by atoms with Gasteiger partial charge in [0.25, 0.3) is 0 Å². The topological polar surface area (TPSA) is 98.0 Å². The van der Waals surface area contributed by atoms with Crippen molar-refractivity contribution in [3.05, 3.63) is 24.8 Å². The lowest BCUT2D eigenvalue weighted by molar-refractivity contribution is 0.154. The smallest absolute Gasteiger partial charge is 0.187 e. The molecule has 0 aliphatic carbocycles. The van der Waals surface area contributed by atoms with Gasteiger partial charge in [0.15, 0.2) is 15.0 Å². The standard InChI is InChI=1S/C14H18N4O3S2/c1-2-5-22-14-16-6-10(7-17-14)13-15-3-4-18(13)11-8-23(20,21)9-12(11)19/h3-4,6-7,11-12,19H,2,5,8-9H2,1H3/t11-,12-/m1/s1. The number of sulfone groups is 1. The van der Waals surface area contributed by atoms with Crippen molar-refractivity contribution in [3.63, 3.8) is 0 Å². The Morgan fingerprint density at radius 3 is 2.65 bits per heavy atom. The van der Waals surface area contributed by atoms with E-state index < -0.39 is 22.0 Å². The largest absolute Gasteiger partial charge is 0.390 e. The van der Waals surface area contributed by atoms with Crippen LogP contribution in [0.15, 0.2) is 29.9 Å². The highest BCUT2D eigenvalue weighted by Crippen LogP contribution is 2.29. The zero-order valence-electron chi connectivity index (χ0n) is 12.7. The molecule has 9 heteroatoms. The van der Waals surface area contributed by atoms with Gasteiger partial charge in [-0.3, -0.25) is 0 Å². The molecule has 0 spiro atoms. The van der Waals surface area contributed by atoms with Crippen LogP contribution in [0.2, 0.25) is 0 Å². The average Bonchev–Trinajstić information content (AvgIpc) is 3.09. The molecule has 1 fully saturated rings. The fraction of sp³-hybridized carbons (Fsp3) is 0.500. The third-order valence-electron chi connectivity index (χ3n) is 3.64. The molecule has 3 rings (SSSR count). The molecule has 0 bridgehead atoms. The first-order valence-corrected chi connectivity index (χ1v) is 10.2. The summed E-state index contributed by atoms with van der Waals surface area (Å²) in [6, 6.07) is -0.522. The SMILES string of the molecule is CCCSc1ncc(-c2nccn2[C@@H]2CS(=O)(=O)C[C@H]2O)cn1. The van der Waals surface area contributed by atoms with E-state index in [1.165, 1.54) is 0 Å². The molecule has 0 saturated carbocycles. The van der Waals surface area contributed by atoms with Crippen LogP contribution in [0.3, 0.4) is 0 Å². The van der Waals surface area contributed by atoms with E-state index in [0.29, 0.717) is 16.5 Å². The number of hydrogen-bond donors (Lipinski definition) is 1. The van der Waals surface area contributed by atoms with E-state index in [1.54, 1.807) is 41.1 Å². The van der Waals surface area contributed by atoms with Gasteiger partial charge in [0.2, 0.25) is 0 Å². The Morgan fingerprint density at radius 2 is 2.04 bits per heavy atom. The Balaban J connectivity index is 1.86. The van der Waals surface area contributed by atoms with E-state index in [2.05, 4.69) is 21.9 Å². The number of hydrogen-bond acceptors (Lipinski definition) is 7. The Kier molecular flexibility index (Phi) is 4.69. The second-order valence-corrected chi connectivity index (χ2v) is 8.69. The van der Waals surface area contributed by atoms with Crippen LogP contribution < -0.4 is 0 Å². The molecule has 1 aliphatic rings. The number of aliphatic hydroxyl groups excluding tert-OH is 1. The minimum Gasteiger partial charge on any atom is -0.390 e. The first-order valence-electron chi connectivity index (χ1n) is 7.36. The summed E-state index contributed by atoms with van der Waals surface area (Å²) in [5.74, 6) is 1.24. The highest BCUT2D eigenvalue weighted by molar-refractivity contribution is 7.99. The lowest BCUT2D eigenvalue weighted by Gasteiger charge is -2.17. The fourth-order valence-corrected chi connectivity index (χ4v) is 5.00. The summed E-state index contributed by atoms with van der Waals surface area (Å²) in [5, 5.41) is 10.8. The molecular formula is C14H18N4O3S2. The summed E-state index contributed by atoms with van der Waals surface area (Å²) in [7, 11) is -3.22. The van der Waals surface area contributed by atoms with Gasteiger partial charge >= 0.3 is 0 Å². The zero-order valence-corrected chi connectivity index (χ0v) is 14.3. The maximum Gasteiger partial charge on any atom is 0.187 e. The van der Waals surface area contributed by atoms with Gasteiger partial charge < -0.3 is 9.67 Å². The second kappa shape index (κ2) is 6.58. The minimum atomic E-state index is -3.22. The van der Waals surface area contributed by atoms with Gasteiger partial charge in [-0.25, -0.2) is 23.4 Å². The van der Waals surface area contributed by atoms with Crippen LogP contribution in [0.5, 0.6) is 0 Å². The van der Waals surface area contributed by atoms with E-state index in [1.807, 2.05) is 0 Å². The van der Waals surface area contributed by atoms with Crippen molar-refractivity contribution < 1.29 is 13.5 Å². The van der Waals surface area contributed by atoms with E-state index in [4.69, 9.17) is 0 Å². The summed E-state index contributed by atoms with van der Waals surface area (Å²) in [5.41, 5.74) is 0.701. The molecule has 0 amide bonds.